The Bertz CT molecular complexity index is 671. The van der Waals surface area contributed by atoms with Crippen LogP contribution in [0, 0.1) is 0 Å². The minimum absolute atomic E-state index is 0.0500. The maximum absolute atomic E-state index is 12.6. The van der Waals surface area contributed by atoms with E-state index in [0.29, 0.717) is 23.6 Å². The van der Waals surface area contributed by atoms with E-state index in [-0.39, 0.29) is 11.9 Å². The average molecular weight is 344 g/mol. The van der Waals surface area contributed by atoms with Gasteiger partial charge >= 0.3 is 0 Å². The van der Waals surface area contributed by atoms with Crippen LogP contribution >= 0.6 is 0 Å². The quantitative estimate of drug-likeness (QED) is 0.837. The molecule has 3 rings (SSSR count). The first-order valence-electron chi connectivity index (χ1n) is 8.50. The number of nitrogens with one attached hydrogen (secondary N) is 1. The first-order valence-corrected chi connectivity index (χ1v) is 8.50. The second kappa shape index (κ2) is 8.07. The van der Waals surface area contributed by atoms with Crippen LogP contribution in [0.15, 0.2) is 41.0 Å². The number of furan rings is 1. The Kier molecular flexibility index (Phi) is 5.60. The summed E-state index contributed by atoms with van der Waals surface area (Å²) in [5, 5.41) is 3.02. The van der Waals surface area contributed by atoms with E-state index in [4.69, 9.17) is 13.9 Å². The molecule has 1 atom stereocenters. The van der Waals surface area contributed by atoms with Gasteiger partial charge in [0.25, 0.3) is 5.91 Å². The fourth-order valence-corrected chi connectivity index (χ4v) is 3.17. The Morgan fingerprint density at radius 3 is 2.44 bits per heavy atom. The van der Waals surface area contributed by atoms with E-state index < -0.39 is 0 Å². The molecule has 2 heterocycles. The number of nitrogens with zero attached hydrogens (tertiary/aromatic N) is 1. The Balaban J connectivity index is 1.71. The fraction of sp³-hybridized carbons (Fsp3) is 0.421. The molecule has 1 N–H and O–H groups in total. The summed E-state index contributed by atoms with van der Waals surface area (Å²) in [5.41, 5.74) is 0.510. The maximum atomic E-state index is 12.6. The average Bonchev–Trinajstić information content (AvgIpc) is 3.35. The molecule has 1 aromatic heterocycles. The molecule has 6 heteroatoms. The molecule has 0 spiro atoms. The molecule has 6 nitrogen and oxygen atoms in total. The van der Waals surface area contributed by atoms with E-state index >= 15 is 0 Å². The molecule has 1 fully saturated rings. The molecule has 0 radical (unpaired) electrons. The summed E-state index contributed by atoms with van der Waals surface area (Å²) in [6.45, 7) is 2.54. The zero-order valence-electron chi connectivity index (χ0n) is 14.7. The molecule has 0 unspecified atom stereocenters. The van der Waals surface area contributed by atoms with Crippen molar-refractivity contribution in [2.75, 3.05) is 33.9 Å². The third-order valence-electron chi connectivity index (χ3n) is 4.52. The van der Waals surface area contributed by atoms with Gasteiger partial charge in [0.2, 0.25) is 0 Å². The lowest BCUT2D eigenvalue weighted by atomic mass is 10.1. The molecule has 25 heavy (non-hydrogen) atoms. The van der Waals surface area contributed by atoms with E-state index in [1.165, 1.54) is 12.8 Å². The molecule has 1 aliphatic heterocycles. The van der Waals surface area contributed by atoms with Crippen molar-refractivity contribution in [3.63, 3.8) is 0 Å². The molecule has 2 aromatic rings. The predicted molar refractivity (Wildman–Crippen MR) is 94.1 cm³/mol. The number of benzene rings is 1. The summed E-state index contributed by atoms with van der Waals surface area (Å²) in [4.78, 5) is 15.0. The van der Waals surface area contributed by atoms with Crippen molar-refractivity contribution in [3.05, 3.63) is 47.9 Å². The minimum Gasteiger partial charge on any atom is -0.497 e. The highest BCUT2D eigenvalue weighted by Crippen LogP contribution is 2.26. The number of carbonyl (C=O) groups is 1. The van der Waals surface area contributed by atoms with E-state index in [1.807, 2.05) is 12.1 Å². The van der Waals surface area contributed by atoms with Gasteiger partial charge in [0.1, 0.15) is 17.3 Å². The van der Waals surface area contributed by atoms with Crippen LogP contribution in [0.3, 0.4) is 0 Å². The number of ether oxygens (including phenoxy) is 2. The van der Waals surface area contributed by atoms with Gasteiger partial charge in [0, 0.05) is 18.2 Å². The fourth-order valence-electron chi connectivity index (χ4n) is 3.17. The van der Waals surface area contributed by atoms with Gasteiger partial charge in [0.05, 0.1) is 26.5 Å². The largest absolute Gasteiger partial charge is 0.497 e. The summed E-state index contributed by atoms with van der Waals surface area (Å²) in [7, 11) is 3.13. The van der Waals surface area contributed by atoms with Gasteiger partial charge in [-0.25, -0.2) is 0 Å². The van der Waals surface area contributed by atoms with Crippen LogP contribution < -0.4 is 14.8 Å². The Hall–Kier alpha value is -2.47. The first-order chi connectivity index (χ1) is 12.2. The molecular weight excluding hydrogens is 320 g/mol. The molecule has 0 saturated carbocycles. The van der Waals surface area contributed by atoms with Gasteiger partial charge in [-0.05, 0) is 50.2 Å². The number of amides is 1. The summed E-state index contributed by atoms with van der Waals surface area (Å²) < 4.78 is 16.0. The highest BCUT2D eigenvalue weighted by atomic mass is 16.5. The normalized spacial score (nSPS) is 15.8. The third-order valence-corrected chi connectivity index (χ3v) is 4.52. The van der Waals surface area contributed by atoms with Crippen LogP contribution in [0.5, 0.6) is 11.5 Å². The summed E-state index contributed by atoms with van der Waals surface area (Å²) in [6.07, 6.45) is 4.03. The minimum atomic E-state index is -0.159. The molecule has 1 amide bonds. The topological polar surface area (TPSA) is 63.9 Å². The molecule has 0 aliphatic carbocycles. The third kappa shape index (κ3) is 4.14. The zero-order chi connectivity index (χ0) is 17.6. The van der Waals surface area contributed by atoms with Crippen molar-refractivity contribution in [1.29, 1.82) is 0 Å². The van der Waals surface area contributed by atoms with Crippen LogP contribution in [0.2, 0.25) is 0 Å². The van der Waals surface area contributed by atoms with Gasteiger partial charge in [-0.15, -0.1) is 0 Å². The highest BCUT2D eigenvalue weighted by Gasteiger charge is 2.26. The number of carbonyl (C=O) groups excluding carboxylic acids is 1. The molecule has 0 bridgehead atoms. The molecule has 134 valence electrons. The molecule has 1 aromatic carbocycles. The van der Waals surface area contributed by atoms with Crippen molar-refractivity contribution in [2.24, 2.45) is 0 Å². The van der Waals surface area contributed by atoms with Gasteiger partial charge in [0.15, 0.2) is 0 Å². The van der Waals surface area contributed by atoms with Crippen molar-refractivity contribution >= 4 is 5.91 Å². The van der Waals surface area contributed by atoms with Crippen LogP contribution in [0.4, 0.5) is 0 Å². The van der Waals surface area contributed by atoms with E-state index in [2.05, 4.69) is 10.2 Å². The van der Waals surface area contributed by atoms with Crippen LogP contribution in [0.1, 0.15) is 35.0 Å². The van der Waals surface area contributed by atoms with E-state index in [9.17, 15) is 4.79 Å². The molecule has 1 saturated heterocycles. The van der Waals surface area contributed by atoms with Gasteiger partial charge in [-0.2, -0.15) is 0 Å². The molecule has 1 aliphatic rings. The SMILES string of the molecule is COc1cc(OC)cc(C(=O)NC[C@H](c2ccco2)N2CCCC2)c1. The Labute approximate surface area is 147 Å². The Morgan fingerprint density at radius 1 is 1.20 bits per heavy atom. The van der Waals surface area contributed by atoms with E-state index in [0.717, 1.165) is 18.8 Å². The predicted octanol–water partition coefficient (Wildman–Crippen LogP) is 2.86. The number of methoxy groups -OCH3 is 2. The zero-order valence-corrected chi connectivity index (χ0v) is 14.7. The maximum Gasteiger partial charge on any atom is 0.251 e. The smallest absolute Gasteiger partial charge is 0.251 e. The number of hydrogen-bond donors (Lipinski definition) is 1. The van der Waals surface area contributed by atoms with Crippen molar-refractivity contribution in [2.45, 2.75) is 18.9 Å². The van der Waals surface area contributed by atoms with Crippen molar-refractivity contribution in [1.82, 2.24) is 10.2 Å². The van der Waals surface area contributed by atoms with Crippen LogP contribution in [-0.2, 0) is 0 Å². The van der Waals surface area contributed by atoms with Gasteiger partial charge < -0.3 is 19.2 Å². The van der Waals surface area contributed by atoms with Crippen LogP contribution in [-0.4, -0.2) is 44.7 Å². The molecular formula is C19H24N2O4. The number of hydrogen-bond acceptors (Lipinski definition) is 5. The van der Waals surface area contributed by atoms with Gasteiger partial charge in [-0.1, -0.05) is 0 Å². The van der Waals surface area contributed by atoms with Crippen molar-refractivity contribution < 1.29 is 18.7 Å². The summed E-state index contributed by atoms with van der Waals surface area (Å²) >= 11 is 0. The second-order valence-corrected chi connectivity index (χ2v) is 6.09. The summed E-state index contributed by atoms with van der Waals surface area (Å²) in [6, 6.07) is 9.04. The van der Waals surface area contributed by atoms with Crippen molar-refractivity contribution in [3.8, 4) is 11.5 Å². The first kappa shape index (κ1) is 17.4. The Morgan fingerprint density at radius 2 is 1.88 bits per heavy atom. The monoisotopic (exact) mass is 344 g/mol. The summed E-state index contributed by atoms with van der Waals surface area (Å²) in [5.74, 6) is 1.90. The highest BCUT2D eigenvalue weighted by molar-refractivity contribution is 5.95. The van der Waals surface area contributed by atoms with Gasteiger partial charge in [-0.3, -0.25) is 9.69 Å². The lowest BCUT2D eigenvalue weighted by Crippen LogP contribution is -2.36. The second-order valence-electron chi connectivity index (χ2n) is 6.09. The lowest BCUT2D eigenvalue weighted by molar-refractivity contribution is 0.0933. The standard InChI is InChI=1S/C19H24N2O4/c1-23-15-10-14(11-16(12-15)24-2)19(22)20-13-17(18-6-5-9-25-18)21-7-3-4-8-21/h5-6,9-12,17H,3-4,7-8,13H2,1-2H3,(H,20,22)/t17-/m1/s1. The lowest BCUT2D eigenvalue weighted by Gasteiger charge is -2.26. The van der Waals surface area contributed by atoms with Crippen LogP contribution in [0.25, 0.3) is 0 Å². The number of likely N-dealkylation sites (tertiary alicyclic amines) is 1. The van der Waals surface area contributed by atoms with E-state index in [1.54, 1.807) is 38.7 Å². The number of rotatable bonds is 7.